The molecule has 0 unspecified atom stereocenters. The van der Waals surface area contributed by atoms with E-state index in [4.69, 9.17) is 0 Å². The van der Waals surface area contributed by atoms with Gasteiger partial charge in [0.25, 0.3) is 0 Å². The number of hydrogen-bond acceptors (Lipinski definition) is 3. The highest BCUT2D eigenvalue weighted by atomic mass is 15.1. The Balaban J connectivity index is 1.55. The molecule has 1 aromatic heterocycles. The zero-order valence-corrected chi connectivity index (χ0v) is 12.1. The van der Waals surface area contributed by atoms with Gasteiger partial charge in [-0.1, -0.05) is 25.3 Å². The molecule has 0 aromatic carbocycles. The molecule has 1 fully saturated rings. The molecule has 2 rings (SSSR count). The van der Waals surface area contributed by atoms with E-state index in [0.29, 0.717) is 0 Å². The first-order valence-electron chi connectivity index (χ1n) is 7.65. The van der Waals surface area contributed by atoms with Gasteiger partial charge in [0.15, 0.2) is 0 Å². The van der Waals surface area contributed by atoms with E-state index in [-0.39, 0.29) is 0 Å². The number of pyridine rings is 1. The third-order valence-electron chi connectivity index (χ3n) is 3.93. The fourth-order valence-corrected chi connectivity index (χ4v) is 2.84. The van der Waals surface area contributed by atoms with E-state index >= 15 is 0 Å². The van der Waals surface area contributed by atoms with Crippen molar-refractivity contribution in [1.82, 2.24) is 15.2 Å². The van der Waals surface area contributed by atoms with E-state index in [0.717, 1.165) is 25.7 Å². The van der Waals surface area contributed by atoms with E-state index in [9.17, 15) is 0 Å². The molecule has 19 heavy (non-hydrogen) atoms. The summed E-state index contributed by atoms with van der Waals surface area (Å²) in [6.45, 7) is 3.30. The molecule has 3 nitrogen and oxygen atoms in total. The Morgan fingerprint density at radius 3 is 2.89 bits per heavy atom. The Morgan fingerprint density at radius 1 is 1.32 bits per heavy atom. The highest BCUT2D eigenvalue weighted by molar-refractivity contribution is 5.07. The van der Waals surface area contributed by atoms with E-state index in [1.807, 2.05) is 18.5 Å². The predicted octanol–water partition coefficient (Wildman–Crippen LogP) is 2.83. The van der Waals surface area contributed by atoms with Crippen molar-refractivity contribution in [1.29, 1.82) is 0 Å². The molecule has 0 atom stereocenters. The van der Waals surface area contributed by atoms with Crippen LogP contribution in [-0.2, 0) is 6.54 Å². The third kappa shape index (κ3) is 5.70. The molecular formula is C16H27N3. The topological polar surface area (TPSA) is 28.2 Å². The molecule has 3 heteroatoms. The Morgan fingerprint density at radius 2 is 2.16 bits per heavy atom. The van der Waals surface area contributed by atoms with Crippen molar-refractivity contribution in [3.8, 4) is 0 Å². The summed E-state index contributed by atoms with van der Waals surface area (Å²) >= 11 is 0. The monoisotopic (exact) mass is 261 g/mol. The molecule has 0 radical (unpaired) electrons. The SMILES string of the molecule is CN(CCCNC1CCCCC1)Cc1cccnc1. The third-order valence-corrected chi connectivity index (χ3v) is 3.93. The zero-order chi connectivity index (χ0) is 13.3. The summed E-state index contributed by atoms with van der Waals surface area (Å²) < 4.78 is 0. The summed E-state index contributed by atoms with van der Waals surface area (Å²) in [5.74, 6) is 0. The van der Waals surface area contributed by atoms with Crippen molar-refractivity contribution >= 4 is 0 Å². The lowest BCUT2D eigenvalue weighted by atomic mass is 9.95. The van der Waals surface area contributed by atoms with Gasteiger partial charge in [0.05, 0.1) is 0 Å². The van der Waals surface area contributed by atoms with Crippen LogP contribution in [0.15, 0.2) is 24.5 Å². The minimum Gasteiger partial charge on any atom is -0.314 e. The first-order valence-corrected chi connectivity index (χ1v) is 7.65. The van der Waals surface area contributed by atoms with E-state index in [1.54, 1.807) is 0 Å². The number of nitrogens with zero attached hydrogens (tertiary/aromatic N) is 2. The van der Waals surface area contributed by atoms with Crippen LogP contribution in [0.3, 0.4) is 0 Å². The first-order chi connectivity index (χ1) is 9.34. The molecule has 106 valence electrons. The number of hydrogen-bond donors (Lipinski definition) is 1. The van der Waals surface area contributed by atoms with Gasteiger partial charge in [0, 0.05) is 25.0 Å². The minimum atomic E-state index is 0.789. The largest absolute Gasteiger partial charge is 0.314 e. The normalized spacial score (nSPS) is 16.9. The van der Waals surface area contributed by atoms with Crippen molar-refractivity contribution in [2.24, 2.45) is 0 Å². The number of rotatable bonds is 7. The fraction of sp³-hybridized carbons (Fsp3) is 0.688. The molecule has 0 amide bonds. The summed E-state index contributed by atoms with van der Waals surface area (Å²) in [5.41, 5.74) is 1.30. The lowest BCUT2D eigenvalue weighted by Gasteiger charge is -2.23. The molecule has 1 aliphatic rings. The number of aromatic nitrogens is 1. The van der Waals surface area contributed by atoms with Crippen LogP contribution < -0.4 is 5.32 Å². The van der Waals surface area contributed by atoms with Gasteiger partial charge < -0.3 is 10.2 Å². The molecule has 1 heterocycles. The highest BCUT2D eigenvalue weighted by Crippen LogP contribution is 2.17. The molecule has 1 aromatic rings. The summed E-state index contributed by atoms with van der Waals surface area (Å²) in [6, 6.07) is 4.94. The average Bonchev–Trinajstić information content (AvgIpc) is 2.46. The molecule has 1 aliphatic carbocycles. The summed E-state index contributed by atoms with van der Waals surface area (Å²) in [4.78, 5) is 6.53. The van der Waals surface area contributed by atoms with Crippen molar-refractivity contribution in [2.45, 2.75) is 51.1 Å². The molecule has 1 saturated carbocycles. The fourth-order valence-electron chi connectivity index (χ4n) is 2.84. The number of nitrogens with one attached hydrogen (secondary N) is 1. The summed E-state index contributed by atoms with van der Waals surface area (Å²) in [7, 11) is 2.19. The molecule has 0 saturated heterocycles. The molecule has 0 bridgehead atoms. The van der Waals surface area contributed by atoms with Crippen LogP contribution in [0.1, 0.15) is 44.1 Å². The second-order valence-electron chi connectivity index (χ2n) is 5.74. The average molecular weight is 261 g/mol. The Hall–Kier alpha value is -0.930. The Kier molecular flexibility index (Phi) is 6.31. The first kappa shape index (κ1) is 14.5. The molecule has 0 aliphatic heterocycles. The standard InChI is InChI=1S/C16H27N3/c1-19(14-15-7-5-10-17-13-15)12-6-11-18-16-8-3-2-4-9-16/h5,7,10,13,16,18H,2-4,6,8-9,11-12,14H2,1H3. The van der Waals surface area contributed by atoms with Crippen molar-refractivity contribution in [3.63, 3.8) is 0 Å². The van der Waals surface area contributed by atoms with Crippen LogP contribution in [0.25, 0.3) is 0 Å². The van der Waals surface area contributed by atoms with Crippen LogP contribution in [0.2, 0.25) is 0 Å². The molecular weight excluding hydrogens is 234 g/mol. The van der Waals surface area contributed by atoms with Crippen LogP contribution in [-0.4, -0.2) is 36.1 Å². The van der Waals surface area contributed by atoms with E-state index in [2.05, 4.69) is 28.3 Å². The smallest absolute Gasteiger partial charge is 0.0312 e. The van der Waals surface area contributed by atoms with Crippen molar-refractivity contribution < 1.29 is 0 Å². The van der Waals surface area contributed by atoms with E-state index < -0.39 is 0 Å². The maximum absolute atomic E-state index is 4.16. The van der Waals surface area contributed by atoms with Crippen LogP contribution >= 0.6 is 0 Å². The summed E-state index contributed by atoms with van der Waals surface area (Å²) in [6.07, 6.45) is 12.0. The summed E-state index contributed by atoms with van der Waals surface area (Å²) in [5, 5.41) is 3.70. The van der Waals surface area contributed by atoms with Crippen molar-refractivity contribution in [2.75, 3.05) is 20.1 Å². The molecule has 1 N–H and O–H groups in total. The van der Waals surface area contributed by atoms with Gasteiger partial charge in [-0.05, 0) is 51.0 Å². The Labute approximate surface area is 117 Å². The highest BCUT2D eigenvalue weighted by Gasteiger charge is 2.11. The van der Waals surface area contributed by atoms with Gasteiger partial charge in [0.1, 0.15) is 0 Å². The van der Waals surface area contributed by atoms with Gasteiger partial charge in [-0.25, -0.2) is 0 Å². The lowest BCUT2D eigenvalue weighted by Crippen LogP contribution is -2.33. The second-order valence-corrected chi connectivity index (χ2v) is 5.74. The predicted molar refractivity (Wildman–Crippen MR) is 80.1 cm³/mol. The van der Waals surface area contributed by atoms with Gasteiger partial charge in [-0.3, -0.25) is 4.98 Å². The molecule has 0 spiro atoms. The quantitative estimate of drug-likeness (QED) is 0.765. The second kappa shape index (κ2) is 8.28. The van der Waals surface area contributed by atoms with Crippen LogP contribution in [0.4, 0.5) is 0 Å². The van der Waals surface area contributed by atoms with Gasteiger partial charge in [0.2, 0.25) is 0 Å². The lowest BCUT2D eigenvalue weighted by molar-refractivity contribution is 0.308. The maximum Gasteiger partial charge on any atom is 0.0312 e. The van der Waals surface area contributed by atoms with Crippen LogP contribution in [0, 0.1) is 0 Å². The Bertz CT molecular complexity index is 333. The van der Waals surface area contributed by atoms with Crippen LogP contribution in [0.5, 0.6) is 0 Å². The maximum atomic E-state index is 4.16. The van der Waals surface area contributed by atoms with Gasteiger partial charge in [-0.15, -0.1) is 0 Å². The van der Waals surface area contributed by atoms with E-state index in [1.165, 1.54) is 44.1 Å². The van der Waals surface area contributed by atoms with Gasteiger partial charge >= 0.3 is 0 Å². The van der Waals surface area contributed by atoms with Crippen molar-refractivity contribution in [3.05, 3.63) is 30.1 Å². The minimum absolute atomic E-state index is 0.789. The van der Waals surface area contributed by atoms with Gasteiger partial charge in [-0.2, -0.15) is 0 Å². The zero-order valence-electron chi connectivity index (χ0n) is 12.1.